The number of amidine groups is 1. The fourth-order valence-electron chi connectivity index (χ4n) is 3.71. The van der Waals surface area contributed by atoms with Gasteiger partial charge in [0.05, 0.1) is 30.0 Å². The van der Waals surface area contributed by atoms with E-state index in [4.69, 9.17) is 4.74 Å². The first-order valence-corrected chi connectivity index (χ1v) is 12.2. The van der Waals surface area contributed by atoms with Crippen LogP contribution < -0.4 is 14.9 Å². The highest BCUT2D eigenvalue weighted by atomic mass is 32.2. The van der Waals surface area contributed by atoms with Crippen LogP contribution in [0.2, 0.25) is 0 Å². The normalized spacial score (nSPS) is 20.3. The number of anilines is 2. The lowest BCUT2D eigenvalue weighted by Gasteiger charge is -2.28. The third-order valence-electron chi connectivity index (χ3n) is 5.76. The number of pyridine rings is 1. The lowest BCUT2D eigenvalue weighted by molar-refractivity contribution is -0.118. The highest BCUT2D eigenvalue weighted by Gasteiger charge is 2.33. The number of nitrogens with zero attached hydrogens (tertiary/aromatic N) is 3. The van der Waals surface area contributed by atoms with Crippen molar-refractivity contribution in [3.8, 4) is 0 Å². The molecule has 10 heteroatoms. The van der Waals surface area contributed by atoms with Crippen LogP contribution >= 0.6 is 0 Å². The maximum Gasteiger partial charge on any atom is 0.263 e. The number of carbonyl (C=O) groups excluding carboxylic acids is 1. The molecule has 2 atom stereocenters. The zero-order valence-corrected chi connectivity index (χ0v) is 18.9. The van der Waals surface area contributed by atoms with Crippen molar-refractivity contribution < 1.29 is 17.9 Å². The average Bonchev–Trinajstić information content (AvgIpc) is 3.08. The molecule has 2 aliphatic heterocycles. The molecule has 2 aliphatic rings. The van der Waals surface area contributed by atoms with Crippen molar-refractivity contribution in [2.75, 3.05) is 36.5 Å². The third kappa shape index (κ3) is 4.61. The topological polar surface area (TPSA) is 113 Å². The Kier molecular flexibility index (Phi) is 6.43. The summed E-state index contributed by atoms with van der Waals surface area (Å²) >= 11 is 0. The summed E-state index contributed by atoms with van der Waals surface area (Å²) in [5, 5.41) is 2.83. The molecule has 2 aromatic rings. The molecule has 0 radical (unpaired) electrons. The number of rotatable bonds is 6. The molecule has 1 saturated heterocycles. The first-order chi connectivity index (χ1) is 15.4. The van der Waals surface area contributed by atoms with Gasteiger partial charge in [0.15, 0.2) is 0 Å². The van der Waals surface area contributed by atoms with Crippen LogP contribution in [0.1, 0.15) is 25.8 Å². The summed E-state index contributed by atoms with van der Waals surface area (Å²) in [4.78, 5) is 24.4. The molecular formula is C22H27N5O4S. The molecular weight excluding hydrogens is 430 g/mol. The van der Waals surface area contributed by atoms with Crippen molar-refractivity contribution in [1.82, 2.24) is 9.71 Å². The van der Waals surface area contributed by atoms with Crippen LogP contribution in [-0.2, 0) is 19.6 Å². The van der Waals surface area contributed by atoms with Crippen molar-refractivity contribution in [2.45, 2.75) is 31.2 Å². The van der Waals surface area contributed by atoms with Crippen LogP contribution in [0.25, 0.3) is 0 Å². The van der Waals surface area contributed by atoms with E-state index >= 15 is 0 Å². The summed E-state index contributed by atoms with van der Waals surface area (Å²) in [5.41, 5.74) is 1.45. The Bertz CT molecular complexity index is 1110. The van der Waals surface area contributed by atoms with E-state index in [2.05, 4.69) is 24.9 Å². The minimum atomic E-state index is -3.67. The number of carbonyl (C=O) groups is 1. The minimum Gasteiger partial charge on any atom is -0.378 e. The van der Waals surface area contributed by atoms with Gasteiger partial charge in [0.1, 0.15) is 17.7 Å². The van der Waals surface area contributed by atoms with Gasteiger partial charge >= 0.3 is 0 Å². The lowest BCUT2D eigenvalue weighted by Crippen LogP contribution is -2.36. The number of fused-ring (bicyclic) bond motifs is 1. The zero-order valence-electron chi connectivity index (χ0n) is 18.1. The zero-order chi connectivity index (χ0) is 22.7. The molecule has 170 valence electrons. The van der Waals surface area contributed by atoms with Gasteiger partial charge in [-0.1, -0.05) is 32.4 Å². The highest BCUT2D eigenvalue weighted by molar-refractivity contribution is 7.90. The Morgan fingerprint density at radius 2 is 2.00 bits per heavy atom. The molecule has 1 fully saturated rings. The van der Waals surface area contributed by atoms with Gasteiger partial charge in [-0.2, -0.15) is 0 Å². The highest BCUT2D eigenvalue weighted by Crippen LogP contribution is 2.24. The van der Waals surface area contributed by atoms with Crippen LogP contribution in [-0.4, -0.2) is 57.5 Å². The van der Waals surface area contributed by atoms with E-state index in [-0.39, 0.29) is 22.6 Å². The third-order valence-corrected chi connectivity index (χ3v) is 7.15. The number of benzene rings is 1. The Labute approximate surface area is 188 Å². The van der Waals surface area contributed by atoms with Gasteiger partial charge < -0.3 is 15.0 Å². The molecule has 3 heterocycles. The molecule has 1 aromatic heterocycles. The first kappa shape index (κ1) is 22.2. The van der Waals surface area contributed by atoms with E-state index < -0.39 is 16.1 Å². The average molecular weight is 458 g/mol. The monoisotopic (exact) mass is 457 g/mol. The molecule has 4 rings (SSSR count). The van der Waals surface area contributed by atoms with Crippen LogP contribution in [0.5, 0.6) is 0 Å². The van der Waals surface area contributed by atoms with E-state index in [1.54, 1.807) is 30.5 Å². The maximum atomic E-state index is 13.1. The van der Waals surface area contributed by atoms with Gasteiger partial charge in [-0.05, 0) is 30.2 Å². The molecule has 2 N–H and O–H groups in total. The molecule has 0 aliphatic carbocycles. The Morgan fingerprint density at radius 1 is 1.25 bits per heavy atom. The number of aliphatic imine (C=N–C) groups is 1. The molecule has 1 aromatic carbocycles. The number of aromatic nitrogens is 1. The number of ether oxygens (including phenoxy) is 1. The number of amides is 1. The second kappa shape index (κ2) is 9.25. The lowest BCUT2D eigenvalue weighted by atomic mass is 9.98. The summed E-state index contributed by atoms with van der Waals surface area (Å²) in [7, 11) is -3.67. The van der Waals surface area contributed by atoms with Gasteiger partial charge in [0.2, 0.25) is 0 Å². The van der Waals surface area contributed by atoms with Crippen molar-refractivity contribution in [3.63, 3.8) is 0 Å². The van der Waals surface area contributed by atoms with Crippen molar-refractivity contribution >= 4 is 33.3 Å². The summed E-state index contributed by atoms with van der Waals surface area (Å²) in [6, 6.07) is 9.52. The molecule has 1 amide bonds. The minimum absolute atomic E-state index is 0.104. The fraction of sp³-hybridized carbons (Fsp3) is 0.409. The van der Waals surface area contributed by atoms with E-state index in [1.165, 1.54) is 6.07 Å². The van der Waals surface area contributed by atoms with Crippen LogP contribution in [0.4, 0.5) is 11.5 Å². The summed E-state index contributed by atoms with van der Waals surface area (Å²) in [6.45, 7) is 6.85. The van der Waals surface area contributed by atoms with Gasteiger partial charge in [0.25, 0.3) is 15.9 Å². The number of hydrogen-bond donors (Lipinski definition) is 2. The number of morpholine rings is 1. The van der Waals surface area contributed by atoms with Gasteiger partial charge in [-0.15, -0.1) is 0 Å². The maximum absolute atomic E-state index is 13.1. The Morgan fingerprint density at radius 3 is 2.69 bits per heavy atom. The number of hydrogen-bond acceptors (Lipinski definition) is 7. The van der Waals surface area contributed by atoms with E-state index in [0.717, 1.165) is 18.8 Å². The van der Waals surface area contributed by atoms with Gasteiger partial charge in [-0.3, -0.25) is 14.5 Å². The smallest absolute Gasteiger partial charge is 0.263 e. The Hall–Kier alpha value is -2.98. The molecule has 0 bridgehead atoms. The number of sulfonamides is 1. The summed E-state index contributed by atoms with van der Waals surface area (Å²) < 4.78 is 32.6. The van der Waals surface area contributed by atoms with E-state index in [9.17, 15) is 13.2 Å². The molecule has 0 unspecified atom stereocenters. The summed E-state index contributed by atoms with van der Waals surface area (Å²) in [5.74, 6) is 0.180. The van der Waals surface area contributed by atoms with Gasteiger partial charge in [0, 0.05) is 18.7 Å². The standard InChI is InChI=1S/C22H27N5O4S/c1-3-15(2)20(25-21-17-6-4-5-7-18(17)32(29,30)26-21)22(28)24-19-9-8-16(14-23-19)27-10-12-31-13-11-27/h4-9,14-15,20H,3,10-13H2,1-2H3,(H,25,26)(H,23,24,28)/t15-,20-/m0/s1. The molecule has 0 saturated carbocycles. The Balaban J connectivity index is 1.54. The SMILES string of the molecule is CC[C@H](C)[C@H](N=C1NS(=O)(=O)c2ccccc21)C(=O)Nc1ccc(N2CCOCC2)cn1. The first-order valence-electron chi connectivity index (χ1n) is 10.7. The second-order valence-corrected chi connectivity index (χ2v) is 9.55. The predicted molar refractivity (Wildman–Crippen MR) is 122 cm³/mol. The van der Waals surface area contributed by atoms with Crippen molar-refractivity contribution in [2.24, 2.45) is 10.9 Å². The molecule has 32 heavy (non-hydrogen) atoms. The predicted octanol–water partition coefficient (Wildman–Crippen LogP) is 2.01. The fourth-order valence-corrected chi connectivity index (χ4v) is 4.94. The summed E-state index contributed by atoms with van der Waals surface area (Å²) in [6.07, 6.45) is 2.43. The van der Waals surface area contributed by atoms with Crippen LogP contribution in [0, 0.1) is 5.92 Å². The molecule has 0 spiro atoms. The van der Waals surface area contributed by atoms with E-state index in [1.807, 2.05) is 19.9 Å². The quantitative estimate of drug-likeness (QED) is 0.686. The van der Waals surface area contributed by atoms with Crippen LogP contribution in [0.15, 0.2) is 52.5 Å². The molecule has 9 nitrogen and oxygen atoms in total. The second-order valence-electron chi connectivity index (χ2n) is 7.90. The van der Waals surface area contributed by atoms with Crippen LogP contribution in [0.3, 0.4) is 0 Å². The van der Waals surface area contributed by atoms with E-state index in [0.29, 0.717) is 31.0 Å². The largest absolute Gasteiger partial charge is 0.378 e. The number of nitrogens with one attached hydrogen (secondary N) is 2. The van der Waals surface area contributed by atoms with Crippen molar-refractivity contribution in [1.29, 1.82) is 0 Å². The van der Waals surface area contributed by atoms with Crippen molar-refractivity contribution in [3.05, 3.63) is 48.2 Å². The van der Waals surface area contributed by atoms with Gasteiger partial charge in [-0.25, -0.2) is 13.4 Å².